The third kappa shape index (κ3) is 2.40. The Bertz CT molecular complexity index is 891. The van der Waals surface area contributed by atoms with Crippen LogP contribution >= 0.6 is 11.6 Å². The van der Waals surface area contributed by atoms with Crippen molar-refractivity contribution >= 4 is 22.5 Å². The molecule has 3 nitrogen and oxygen atoms in total. The van der Waals surface area contributed by atoms with Crippen molar-refractivity contribution in [3.05, 3.63) is 69.5 Å². The molecule has 0 bridgehead atoms. The molecule has 0 saturated carbocycles. The summed E-state index contributed by atoms with van der Waals surface area (Å²) in [6.07, 6.45) is 1.49. The first kappa shape index (κ1) is 14.7. The highest BCUT2D eigenvalue weighted by Gasteiger charge is 2.16. The van der Waals surface area contributed by atoms with Crippen LogP contribution in [0.25, 0.3) is 16.6 Å². The van der Waals surface area contributed by atoms with Crippen molar-refractivity contribution in [2.75, 3.05) is 0 Å². The highest BCUT2D eigenvalue weighted by Crippen LogP contribution is 2.23. The second kappa shape index (κ2) is 5.89. The van der Waals surface area contributed by atoms with Gasteiger partial charge in [0.1, 0.15) is 11.6 Å². The normalized spacial score (nSPS) is 11.0. The van der Waals surface area contributed by atoms with Crippen molar-refractivity contribution in [3.8, 4) is 5.69 Å². The highest BCUT2D eigenvalue weighted by molar-refractivity contribution is 6.35. The second-order valence-electron chi connectivity index (χ2n) is 5.01. The van der Waals surface area contributed by atoms with Crippen LogP contribution in [0.1, 0.15) is 19.2 Å². The number of nitrogens with zero attached hydrogens (tertiary/aromatic N) is 2. The van der Waals surface area contributed by atoms with Gasteiger partial charge in [0.25, 0.3) is 5.56 Å². The van der Waals surface area contributed by atoms with E-state index in [0.717, 1.165) is 6.42 Å². The molecule has 5 heteroatoms. The Labute approximate surface area is 132 Å². The molecule has 22 heavy (non-hydrogen) atoms. The van der Waals surface area contributed by atoms with E-state index in [0.29, 0.717) is 23.4 Å². The minimum Gasteiger partial charge on any atom is -0.268 e. The van der Waals surface area contributed by atoms with E-state index in [4.69, 9.17) is 11.6 Å². The van der Waals surface area contributed by atoms with Crippen LogP contribution in [0.4, 0.5) is 4.39 Å². The van der Waals surface area contributed by atoms with Crippen molar-refractivity contribution in [1.29, 1.82) is 0 Å². The molecule has 112 valence electrons. The van der Waals surface area contributed by atoms with Crippen molar-refractivity contribution in [1.82, 2.24) is 9.55 Å². The molecule has 0 N–H and O–H groups in total. The zero-order valence-electron chi connectivity index (χ0n) is 12.0. The van der Waals surface area contributed by atoms with Gasteiger partial charge in [0.05, 0.1) is 21.6 Å². The lowest BCUT2D eigenvalue weighted by Gasteiger charge is -2.13. The zero-order valence-corrected chi connectivity index (χ0v) is 12.8. The molecule has 3 aromatic rings. The fraction of sp³-hybridized carbons (Fsp3) is 0.176. The molecule has 0 aliphatic carbocycles. The molecule has 0 saturated heterocycles. The first-order valence-electron chi connectivity index (χ1n) is 7.08. The van der Waals surface area contributed by atoms with E-state index >= 15 is 0 Å². The molecule has 0 aliphatic heterocycles. The number of hydrogen-bond acceptors (Lipinski definition) is 2. The number of fused-ring (bicyclic) bond motifs is 1. The molecule has 0 atom stereocenters. The molecule has 0 radical (unpaired) electrons. The summed E-state index contributed by atoms with van der Waals surface area (Å²) in [5.74, 6) is 0.0322. The monoisotopic (exact) mass is 316 g/mol. The summed E-state index contributed by atoms with van der Waals surface area (Å²) in [4.78, 5) is 17.4. The number of halogens is 2. The lowest BCUT2D eigenvalue weighted by atomic mass is 10.2. The molecule has 0 unspecified atom stereocenters. The Morgan fingerprint density at radius 3 is 2.59 bits per heavy atom. The fourth-order valence-corrected chi connectivity index (χ4v) is 2.73. The Hall–Kier alpha value is -2.20. The van der Waals surface area contributed by atoms with E-state index in [-0.39, 0.29) is 16.0 Å². The predicted octanol–water partition coefficient (Wildman–Crippen LogP) is 4.13. The largest absolute Gasteiger partial charge is 0.268 e. The molecule has 0 spiro atoms. The zero-order chi connectivity index (χ0) is 15.7. The van der Waals surface area contributed by atoms with Crippen molar-refractivity contribution < 1.29 is 4.39 Å². The Morgan fingerprint density at radius 1 is 1.18 bits per heavy atom. The Kier molecular flexibility index (Phi) is 3.94. The summed E-state index contributed by atoms with van der Waals surface area (Å²) in [5, 5.41) is -0.0619. The van der Waals surface area contributed by atoms with Gasteiger partial charge in [-0.1, -0.05) is 36.7 Å². The van der Waals surface area contributed by atoms with Crippen molar-refractivity contribution in [3.63, 3.8) is 0 Å². The predicted molar refractivity (Wildman–Crippen MR) is 86.3 cm³/mol. The molecular weight excluding hydrogens is 303 g/mol. The second-order valence-corrected chi connectivity index (χ2v) is 5.39. The quantitative estimate of drug-likeness (QED) is 0.728. The Morgan fingerprint density at radius 2 is 1.91 bits per heavy atom. The molecule has 2 aromatic carbocycles. The highest BCUT2D eigenvalue weighted by atomic mass is 35.5. The van der Waals surface area contributed by atoms with E-state index < -0.39 is 5.82 Å². The van der Waals surface area contributed by atoms with Gasteiger partial charge in [0.15, 0.2) is 0 Å². The third-order valence-electron chi connectivity index (χ3n) is 3.49. The first-order valence-corrected chi connectivity index (χ1v) is 7.46. The summed E-state index contributed by atoms with van der Waals surface area (Å²) in [5.41, 5.74) is 0.779. The van der Waals surface area contributed by atoms with Crippen LogP contribution < -0.4 is 5.56 Å². The summed E-state index contributed by atoms with van der Waals surface area (Å²) in [6.45, 7) is 2.02. The summed E-state index contributed by atoms with van der Waals surface area (Å²) in [7, 11) is 0. The van der Waals surface area contributed by atoms with Gasteiger partial charge in [-0.05, 0) is 30.7 Å². The van der Waals surface area contributed by atoms with Gasteiger partial charge in [0, 0.05) is 6.42 Å². The smallest absolute Gasteiger partial charge is 0.267 e. The standard InChI is InChI=1S/C17H14ClFN2O/c1-2-6-14-20-13-10-9-12(19)16(18)15(13)17(22)21(14)11-7-4-3-5-8-11/h3-5,7-10H,2,6H2,1H3. The van der Waals surface area contributed by atoms with Gasteiger partial charge in [-0.25, -0.2) is 9.37 Å². The van der Waals surface area contributed by atoms with Crippen molar-refractivity contribution in [2.24, 2.45) is 0 Å². The molecule has 0 amide bonds. The summed E-state index contributed by atoms with van der Waals surface area (Å²) in [6, 6.07) is 11.9. The lowest BCUT2D eigenvalue weighted by Crippen LogP contribution is -2.24. The molecule has 0 fully saturated rings. The maximum Gasteiger partial charge on any atom is 0.267 e. The van der Waals surface area contributed by atoms with E-state index in [1.165, 1.54) is 16.7 Å². The van der Waals surface area contributed by atoms with Gasteiger partial charge >= 0.3 is 0 Å². The van der Waals surface area contributed by atoms with Gasteiger partial charge in [-0.3, -0.25) is 9.36 Å². The fourth-order valence-electron chi connectivity index (χ4n) is 2.49. The molecule has 0 aliphatic rings. The number of rotatable bonds is 3. The van der Waals surface area contributed by atoms with Crippen LogP contribution in [0.15, 0.2) is 47.3 Å². The summed E-state index contributed by atoms with van der Waals surface area (Å²) < 4.78 is 15.2. The number of benzene rings is 2. The maximum atomic E-state index is 13.7. The van der Waals surface area contributed by atoms with Gasteiger partial charge < -0.3 is 0 Å². The lowest BCUT2D eigenvalue weighted by molar-refractivity contribution is 0.629. The molecule has 1 aromatic heterocycles. The van der Waals surface area contributed by atoms with E-state index in [2.05, 4.69) is 4.98 Å². The average Bonchev–Trinajstić information content (AvgIpc) is 2.52. The SMILES string of the molecule is CCCc1nc2ccc(F)c(Cl)c2c(=O)n1-c1ccccc1. The minimum atomic E-state index is -0.615. The average molecular weight is 317 g/mol. The van der Waals surface area contributed by atoms with E-state index in [9.17, 15) is 9.18 Å². The van der Waals surface area contributed by atoms with Crippen LogP contribution in [0.2, 0.25) is 5.02 Å². The molecule has 3 rings (SSSR count). The van der Waals surface area contributed by atoms with Gasteiger partial charge in [-0.15, -0.1) is 0 Å². The molecular formula is C17H14ClFN2O. The topological polar surface area (TPSA) is 34.9 Å². The van der Waals surface area contributed by atoms with E-state index in [1.54, 1.807) is 0 Å². The number of para-hydroxylation sites is 1. The van der Waals surface area contributed by atoms with Crippen molar-refractivity contribution in [2.45, 2.75) is 19.8 Å². The van der Waals surface area contributed by atoms with Gasteiger partial charge in [0.2, 0.25) is 0 Å². The van der Waals surface area contributed by atoms with Gasteiger partial charge in [-0.2, -0.15) is 0 Å². The molecule has 1 heterocycles. The summed E-state index contributed by atoms with van der Waals surface area (Å²) >= 11 is 5.99. The van der Waals surface area contributed by atoms with Crippen LogP contribution in [-0.4, -0.2) is 9.55 Å². The Balaban J connectivity index is 2.43. The van der Waals surface area contributed by atoms with Crippen LogP contribution in [0.5, 0.6) is 0 Å². The number of hydrogen-bond donors (Lipinski definition) is 0. The number of aryl methyl sites for hydroxylation is 1. The number of aromatic nitrogens is 2. The van der Waals surface area contributed by atoms with Crippen LogP contribution in [0.3, 0.4) is 0 Å². The van der Waals surface area contributed by atoms with E-state index in [1.807, 2.05) is 37.3 Å². The van der Waals surface area contributed by atoms with Crippen LogP contribution in [0, 0.1) is 5.82 Å². The minimum absolute atomic E-state index is 0.116. The maximum absolute atomic E-state index is 13.7. The first-order chi connectivity index (χ1) is 10.6. The third-order valence-corrected chi connectivity index (χ3v) is 3.85. The van der Waals surface area contributed by atoms with Crippen LogP contribution in [-0.2, 0) is 6.42 Å².